The van der Waals surface area contributed by atoms with Crippen LogP contribution in [0.15, 0.2) is 48.6 Å². The van der Waals surface area contributed by atoms with Crippen LogP contribution in [-0.4, -0.2) is 47.1 Å². The highest BCUT2D eigenvalue weighted by Gasteiger charge is 2.21. The zero-order chi connectivity index (χ0) is 20.2. The van der Waals surface area contributed by atoms with Crippen LogP contribution in [0.3, 0.4) is 0 Å². The molecule has 1 unspecified atom stereocenters. The molecule has 4 rings (SSSR count). The van der Waals surface area contributed by atoms with Gasteiger partial charge in [-0.05, 0) is 64.2 Å². The van der Waals surface area contributed by atoms with Crippen molar-refractivity contribution in [3.05, 3.63) is 71.3 Å². The molecule has 3 aromatic rings. The molecule has 0 radical (unpaired) electrons. The molecular formula is C24H31N5. The minimum Gasteiger partial charge on any atom is -0.324 e. The number of pyridine rings is 1. The summed E-state index contributed by atoms with van der Waals surface area (Å²) in [7, 11) is 6.21. The van der Waals surface area contributed by atoms with Gasteiger partial charge in [-0.3, -0.25) is 4.98 Å². The number of para-hydroxylation sites is 2. The second kappa shape index (κ2) is 8.89. The summed E-state index contributed by atoms with van der Waals surface area (Å²) in [6.45, 7) is 1.77. The SMILES string of the molecule is CNC1CCCc2ccc(Cc3nc4ccccc4n3CC=CCN(C)C)nc21. The normalized spacial score (nSPS) is 16.8. The number of rotatable bonds is 7. The van der Waals surface area contributed by atoms with Crippen molar-refractivity contribution in [1.29, 1.82) is 0 Å². The monoisotopic (exact) mass is 389 g/mol. The van der Waals surface area contributed by atoms with Gasteiger partial charge in [-0.15, -0.1) is 0 Å². The topological polar surface area (TPSA) is 46.0 Å². The van der Waals surface area contributed by atoms with Gasteiger partial charge in [-0.2, -0.15) is 0 Å². The van der Waals surface area contributed by atoms with E-state index in [1.54, 1.807) is 0 Å². The van der Waals surface area contributed by atoms with Gasteiger partial charge < -0.3 is 14.8 Å². The van der Waals surface area contributed by atoms with Crippen molar-refractivity contribution < 1.29 is 0 Å². The molecule has 1 aromatic carbocycles. The fourth-order valence-corrected chi connectivity index (χ4v) is 4.16. The van der Waals surface area contributed by atoms with Crippen LogP contribution in [-0.2, 0) is 19.4 Å². The zero-order valence-electron chi connectivity index (χ0n) is 17.7. The summed E-state index contributed by atoms with van der Waals surface area (Å²) in [5.74, 6) is 1.07. The Balaban J connectivity index is 1.64. The van der Waals surface area contributed by atoms with Crippen molar-refractivity contribution >= 4 is 11.0 Å². The molecule has 0 saturated carbocycles. The number of nitrogens with one attached hydrogen (secondary N) is 1. The number of nitrogens with zero attached hydrogens (tertiary/aromatic N) is 4. The van der Waals surface area contributed by atoms with Crippen molar-refractivity contribution in [2.45, 2.75) is 38.3 Å². The Morgan fingerprint density at radius 2 is 2.00 bits per heavy atom. The molecule has 152 valence electrons. The average molecular weight is 390 g/mol. The summed E-state index contributed by atoms with van der Waals surface area (Å²) in [5, 5.41) is 3.43. The van der Waals surface area contributed by atoms with Gasteiger partial charge in [0.05, 0.1) is 16.7 Å². The van der Waals surface area contributed by atoms with E-state index in [-0.39, 0.29) is 0 Å². The number of aromatic nitrogens is 3. The number of likely N-dealkylation sites (N-methyl/N-ethyl adjacent to an activating group) is 1. The Kier molecular flexibility index (Phi) is 6.07. The van der Waals surface area contributed by atoms with E-state index in [0.29, 0.717) is 6.04 Å². The second-order valence-corrected chi connectivity index (χ2v) is 8.12. The van der Waals surface area contributed by atoms with Crippen LogP contribution in [0.25, 0.3) is 11.0 Å². The van der Waals surface area contributed by atoms with E-state index in [1.165, 1.54) is 23.2 Å². The van der Waals surface area contributed by atoms with Crippen molar-refractivity contribution in [2.75, 3.05) is 27.7 Å². The first-order valence-corrected chi connectivity index (χ1v) is 10.6. The number of hydrogen-bond acceptors (Lipinski definition) is 4. The fourth-order valence-electron chi connectivity index (χ4n) is 4.16. The average Bonchev–Trinajstić information content (AvgIpc) is 3.07. The number of benzene rings is 1. The summed E-state index contributed by atoms with van der Waals surface area (Å²) in [4.78, 5) is 12.2. The smallest absolute Gasteiger partial charge is 0.116 e. The molecule has 0 aliphatic heterocycles. The van der Waals surface area contributed by atoms with Crippen LogP contribution in [0.4, 0.5) is 0 Å². The number of imidazole rings is 1. The standard InChI is InChI=1S/C24H31N5/c1-25-21-11-8-9-18-13-14-19(26-24(18)21)17-23-27-20-10-4-5-12-22(20)29(23)16-7-6-15-28(2)3/h4-7,10,12-14,21,25H,8-9,11,15-17H2,1-3H3. The molecule has 1 aliphatic carbocycles. The lowest BCUT2D eigenvalue weighted by atomic mass is 9.91. The van der Waals surface area contributed by atoms with Crippen LogP contribution in [0.1, 0.15) is 41.7 Å². The lowest BCUT2D eigenvalue weighted by Gasteiger charge is -2.24. The van der Waals surface area contributed by atoms with Crippen LogP contribution in [0.5, 0.6) is 0 Å². The lowest BCUT2D eigenvalue weighted by Crippen LogP contribution is -2.23. The molecule has 5 heteroatoms. The molecule has 2 heterocycles. The first-order valence-electron chi connectivity index (χ1n) is 10.6. The van der Waals surface area contributed by atoms with Gasteiger partial charge in [0.2, 0.25) is 0 Å². The van der Waals surface area contributed by atoms with E-state index in [1.807, 2.05) is 7.05 Å². The van der Waals surface area contributed by atoms with Gasteiger partial charge in [0.15, 0.2) is 0 Å². The maximum atomic E-state index is 5.05. The molecule has 2 aromatic heterocycles. The van der Waals surface area contributed by atoms with Gasteiger partial charge in [-0.1, -0.05) is 30.4 Å². The largest absolute Gasteiger partial charge is 0.324 e. The lowest BCUT2D eigenvalue weighted by molar-refractivity contribution is 0.456. The van der Waals surface area contributed by atoms with Gasteiger partial charge in [-0.25, -0.2) is 4.98 Å². The Hall–Kier alpha value is -2.50. The number of allylic oxidation sites excluding steroid dienone is 1. The van der Waals surface area contributed by atoms with Gasteiger partial charge in [0, 0.05) is 31.2 Å². The van der Waals surface area contributed by atoms with Crippen molar-refractivity contribution in [1.82, 2.24) is 24.8 Å². The maximum absolute atomic E-state index is 5.05. The molecule has 1 atom stereocenters. The predicted octanol–water partition coefficient (Wildman–Crippen LogP) is 3.74. The van der Waals surface area contributed by atoms with E-state index in [9.17, 15) is 0 Å². The summed E-state index contributed by atoms with van der Waals surface area (Å²) in [6, 6.07) is 13.2. The molecule has 0 spiro atoms. The Morgan fingerprint density at radius 1 is 1.14 bits per heavy atom. The third-order valence-electron chi connectivity index (χ3n) is 5.69. The number of aryl methyl sites for hydroxylation is 1. The molecule has 1 aliphatic rings. The van der Waals surface area contributed by atoms with Gasteiger partial charge in [0.25, 0.3) is 0 Å². The van der Waals surface area contributed by atoms with E-state index in [2.05, 4.69) is 77.4 Å². The Labute approximate surface area is 173 Å². The third kappa shape index (κ3) is 4.41. The first-order chi connectivity index (χ1) is 14.2. The van der Waals surface area contributed by atoms with Crippen LogP contribution in [0, 0.1) is 0 Å². The number of fused-ring (bicyclic) bond motifs is 2. The van der Waals surface area contributed by atoms with Gasteiger partial charge in [0.1, 0.15) is 5.82 Å². The van der Waals surface area contributed by atoms with Crippen LogP contribution >= 0.6 is 0 Å². The number of hydrogen-bond donors (Lipinski definition) is 1. The minimum absolute atomic E-state index is 0.367. The van der Waals surface area contributed by atoms with E-state index < -0.39 is 0 Å². The van der Waals surface area contributed by atoms with Crippen molar-refractivity contribution in [3.63, 3.8) is 0 Å². The molecule has 0 bridgehead atoms. The van der Waals surface area contributed by atoms with Gasteiger partial charge >= 0.3 is 0 Å². The Morgan fingerprint density at radius 3 is 2.83 bits per heavy atom. The van der Waals surface area contributed by atoms with Crippen LogP contribution in [0.2, 0.25) is 0 Å². The summed E-state index contributed by atoms with van der Waals surface area (Å²) in [6.07, 6.45) is 8.72. The second-order valence-electron chi connectivity index (χ2n) is 8.12. The summed E-state index contributed by atoms with van der Waals surface area (Å²) < 4.78 is 2.32. The van der Waals surface area contributed by atoms with Crippen molar-refractivity contribution in [2.24, 2.45) is 0 Å². The molecule has 5 nitrogen and oxygen atoms in total. The molecule has 1 N–H and O–H groups in total. The van der Waals surface area contributed by atoms with Crippen LogP contribution < -0.4 is 5.32 Å². The Bertz CT molecular complexity index is 1000. The highest BCUT2D eigenvalue weighted by Crippen LogP contribution is 2.28. The fraction of sp³-hybridized carbons (Fsp3) is 0.417. The third-order valence-corrected chi connectivity index (χ3v) is 5.69. The highest BCUT2D eigenvalue weighted by atomic mass is 15.1. The molecule has 0 saturated heterocycles. The summed E-state index contributed by atoms with van der Waals surface area (Å²) in [5.41, 5.74) is 5.95. The quantitative estimate of drug-likeness (QED) is 0.626. The molecule has 29 heavy (non-hydrogen) atoms. The molecule has 0 fully saturated rings. The van der Waals surface area contributed by atoms with E-state index in [0.717, 1.165) is 49.4 Å². The summed E-state index contributed by atoms with van der Waals surface area (Å²) >= 11 is 0. The molecular weight excluding hydrogens is 358 g/mol. The van der Waals surface area contributed by atoms with E-state index >= 15 is 0 Å². The first kappa shape index (κ1) is 19.8. The highest BCUT2D eigenvalue weighted by molar-refractivity contribution is 5.76. The van der Waals surface area contributed by atoms with E-state index in [4.69, 9.17) is 9.97 Å². The molecule has 0 amide bonds. The van der Waals surface area contributed by atoms with Crippen molar-refractivity contribution in [3.8, 4) is 0 Å². The predicted molar refractivity (Wildman–Crippen MR) is 119 cm³/mol. The minimum atomic E-state index is 0.367. The zero-order valence-corrected chi connectivity index (χ0v) is 17.7. The maximum Gasteiger partial charge on any atom is 0.116 e.